The molecule has 0 radical (unpaired) electrons. The number of hydrogen-bond donors (Lipinski definition) is 0. The van der Waals surface area contributed by atoms with E-state index >= 15 is 0 Å². The summed E-state index contributed by atoms with van der Waals surface area (Å²) in [6, 6.07) is 6.76. The van der Waals surface area contributed by atoms with Gasteiger partial charge in [-0.15, -0.1) is 0 Å². The van der Waals surface area contributed by atoms with Gasteiger partial charge in [0.15, 0.2) is 0 Å². The van der Waals surface area contributed by atoms with Crippen LogP contribution >= 0.6 is 0 Å². The minimum Gasteiger partial charge on any atom is -0.0683 e. The maximum atomic E-state index is 2.27. The van der Waals surface area contributed by atoms with Crippen molar-refractivity contribution in [1.29, 1.82) is 0 Å². The SMILES string of the molecule is CC.Cc1cc(C)cc(C(C)(C)C)c1. The van der Waals surface area contributed by atoms with E-state index in [1.165, 1.54) is 16.7 Å². The van der Waals surface area contributed by atoms with Gasteiger partial charge in [0.2, 0.25) is 0 Å². The van der Waals surface area contributed by atoms with Crippen LogP contribution in [0.2, 0.25) is 0 Å². The maximum absolute atomic E-state index is 2.27. The molecule has 0 bridgehead atoms. The molecule has 0 heterocycles. The van der Waals surface area contributed by atoms with Crippen molar-refractivity contribution in [3.8, 4) is 0 Å². The largest absolute Gasteiger partial charge is 0.0683 e. The molecule has 0 heteroatoms. The smallest absolute Gasteiger partial charge is 0.0132 e. The Morgan fingerprint density at radius 1 is 0.786 bits per heavy atom. The first-order valence-corrected chi connectivity index (χ1v) is 5.48. The Morgan fingerprint density at radius 3 is 1.43 bits per heavy atom. The zero-order valence-corrected chi connectivity index (χ0v) is 10.7. The quantitative estimate of drug-likeness (QED) is 0.562. The lowest BCUT2D eigenvalue weighted by atomic mass is 9.85. The summed E-state index contributed by atoms with van der Waals surface area (Å²) in [6.45, 7) is 15.1. The van der Waals surface area contributed by atoms with Crippen molar-refractivity contribution in [1.82, 2.24) is 0 Å². The molecule has 1 aromatic rings. The standard InChI is InChI=1S/C12H18.C2H6/c1-9-6-10(2)8-11(7-9)12(3,4)5;1-2/h6-8H,1-5H3;1-2H3. The molecule has 1 aromatic carbocycles. The zero-order chi connectivity index (χ0) is 11.4. The van der Waals surface area contributed by atoms with Crippen LogP contribution in [0.1, 0.15) is 51.3 Å². The van der Waals surface area contributed by atoms with E-state index in [-0.39, 0.29) is 5.41 Å². The minimum absolute atomic E-state index is 0.275. The van der Waals surface area contributed by atoms with Gasteiger partial charge in [-0.25, -0.2) is 0 Å². The fourth-order valence-corrected chi connectivity index (χ4v) is 1.41. The third-order valence-electron chi connectivity index (χ3n) is 2.09. The van der Waals surface area contributed by atoms with Gasteiger partial charge >= 0.3 is 0 Å². The van der Waals surface area contributed by atoms with E-state index in [1.807, 2.05) is 13.8 Å². The van der Waals surface area contributed by atoms with Crippen molar-refractivity contribution >= 4 is 0 Å². The lowest BCUT2D eigenvalue weighted by Gasteiger charge is -2.20. The van der Waals surface area contributed by atoms with E-state index in [0.29, 0.717) is 0 Å². The maximum Gasteiger partial charge on any atom is -0.0132 e. The second-order valence-electron chi connectivity index (χ2n) is 4.63. The Kier molecular flexibility index (Phi) is 4.90. The lowest BCUT2D eigenvalue weighted by molar-refractivity contribution is 0.589. The molecule has 0 saturated carbocycles. The van der Waals surface area contributed by atoms with Crippen molar-refractivity contribution in [2.75, 3.05) is 0 Å². The molecule has 0 aromatic heterocycles. The molecule has 0 amide bonds. The van der Waals surface area contributed by atoms with Crippen LogP contribution in [0.4, 0.5) is 0 Å². The van der Waals surface area contributed by atoms with Crippen LogP contribution in [0.15, 0.2) is 18.2 Å². The van der Waals surface area contributed by atoms with E-state index in [4.69, 9.17) is 0 Å². The average molecular weight is 192 g/mol. The highest BCUT2D eigenvalue weighted by molar-refractivity contribution is 5.32. The van der Waals surface area contributed by atoms with Crippen LogP contribution in [-0.2, 0) is 5.41 Å². The lowest BCUT2D eigenvalue weighted by Crippen LogP contribution is -2.11. The van der Waals surface area contributed by atoms with E-state index in [9.17, 15) is 0 Å². The van der Waals surface area contributed by atoms with Gasteiger partial charge < -0.3 is 0 Å². The van der Waals surface area contributed by atoms with Crippen LogP contribution < -0.4 is 0 Å². The Hall–Kier alpha value is -0.780. The molecule has 0 aliphatic carbocycles. The number of benzene rings is 1. The Morgan fingerprint density at radius 2 is 1.14 bits per heavy atom. The van der Waals surface area contributed by atoms with Gasteiger partial charge in [-0.1, -0.05) is 63.9 Å². The first-order chi connectivity index (χ1) is 6.39. The van der Waals surface area contributed by atoms with Crippen LogP contribution in [0.5, 0.6) is 0 Å². The summed E-state index contributed by atoms with van der Waals surface area (Å²) >= 11 is 0. The predicted molar refractivity (Wildman–Crippen MR) is 66.0 cm³/mol. The molecule has 0 aliphatic rings. The minimum atomic E-state index is 0.275. The molecular weight excluding hydrogens is 168 g/mol. The summed E-state index contributed by atoms with van der Waals surface area (Å²) in [4.78, 5) is 0. The van der Waals surface area contributed by atoms with E-state index in [2.05, 4.69) is 52.8 Å². The molecule has 0 fully saturated rings. The molecule has 0 saturated heterocycles. The molecular formula is C14H24. The van der Waals surface area contributed by atoms with Crippen LogP contribution in [-0.4, -0.2) is 0 Å². The molecule has 0 aliphatic heterocycles. The highest BCUT2D eigenvalue weighted by Crippen LogP contribution is 2.23. The van der Waals surface area contributed by atoms with Gasteiger partial charge in [0, 0.05) is 0 Å². The Balaban J connectivity index is 0.000000791. The van der Waals surface area contributed by atoms with Crippen molar-refractivity contribution in [2.24, 2.45) is 0 Å². The van der Waals surface area contributed by atoms with Gasteiger partial charge in [0.05, 0.1) is 0 Å². The van der Waals surface area contributed by atoms with E-state index in [0.717, 1.165) is 0 Å². The fourth-order valence-electron chi connectivity index (χ4n) is 1.41. The Bertz CT molecular complexity index is 256. The van der Waals surface area contributed by atoms with Crippen molar-refractivity contribution in [3.63, 3.8) is 0 Å². The summed E-state index contributed by atoms with van der Waals surface area (Å²) in [5.41, 5.74) is 4.43. The zero-order valence-electron chi connectivity index (χ0n) is 10.7. The third kappa shape index (κ3) is 3.95. The highest BCUT2D eigenvalue weighted by atomic mass is 14.2. The summed E-state index contributed by atoms with van der Waals surface area (Å²) in [5, 5.41) is 0. The predicted octanol–water partition coefficient (Wildman–Crippen LogP) is 4.63. The molecule has 0 atom stereocenters. The molecule has 0 spiro atoms. The van der Waals surface area contributed by atoms with Crippen LogP contribution in [0.25, 0.3) is 0 Å². The summed E-state index contributed by atoms with van der Waals surface area (Å²) in [6.07, 6.45) is 0. The highest BCUT2D eigenvalue weighted by Gasteiger charge is 2.13. The average Bonchev–Trinajstić information content (AvgIpc) is 2.04. The second kappa shape index (κ2) is 5.19. The van der Waals surface area contributed by atoms with Crippen molar-refractivity contribution < 1.29 is 0 Å². The number of hydrogen-bond acceptors (Lipinski definition) is 0. The monoisotopic (exact) mass is 192 g/mol. The summed E-state index contributed by atoms with van der Waals surface area (Å²) in [5.74, 6) is 0. The van der Waals surface area contributed by atoms with Crippen molar-refractivity contribution in [3.05, 3.63) is 34.9 Å². The number of aryl methyl sites for hydroxylation is 2. The molecule has 14 heavy (non-hydrogen) atoms. The first-order valence-electron chi connectivity index (χ1n) is 5.48. The molecule has 1 rings (SSSR count). The van der Waals surface area contributed by atoms with Gasteiger partial charge in [-0.05, 0) is 24.8 Å². The van der Waals surface area contributed by atoms with Crippen LogP contribution in [0.3, 0.4) is 0 Å². The van der Waals surface area contributed by atoms with E-state index in [1.54, 1.807) is 0 Å². The number of rotatable bonds is 0. The molecule has 0 N–H and O–H groups in total. The third-order valence-corrected chi connectivity index (χ3v) is 2.09. The van der Waals surface area contributed by atoms with Crippen molar-refractivity contribution in [2.45, 2.75) is 53.9 Å². The fraction of sp³-hybridized carbons (Fsp3) is 0.571. The van der Waals surface area contributed by atoms with Gasteiger partial charge in [-0.3, -0.25) is 0 Å². The summed E-state index contributed by atoms with van der Waals surface area (Å²) in [7, 11) is 0. The Labute approximate surface area is 89.4 Å². The normalized spacial score (nSPS) is 10.5. The van der Waals surface area contributed by atoms with Gasteiger partial charge in [0.1, 0.15) is 0 Å². The molecule has 0 unspecified atom stereocenters. The topological polar surface area (TPSA) is 0 Å². The summed E-state index contributed by atoms with van der Waals surface area (Å²) < 4.78 is 0. The molecule has 80 valence electrons. The van der Waals surface area contributed by atoms with Gasteiger partial charge in [-0.2, -0.15) is 0 Å². The van der Waals surface area contributed by atoms with Crippen LogP contribution in [0, 0.1) is 13.8 Å². The molecule has 0 nitrogen and oxygen atoms in total. The second-order valence-corrected chi connectivity index (χ2v) is 4.63. The van der Waals surface area contributed by atoms with Gasteiger partial charge in [0.25, 0.3) is 0 Å². The van der Waals surface area contributed by atoms with E-state index < -0.39 is 0 Å². The first kappa shape index (κ1) is 13.2.